The molecule has 1 aromatic carbocycles. The first-order chi connectivity index (χ1) is 11.0. The van der Waals surface area contributed by atoms with Gasteiger partial charge in [-0.05, 0) is 65.2 Å². The zero-order chi connectivity index (χ0) is 16.7. The summed E-state index contributed by atoms with van der Waals surface area (Å²) in [6.45, 7) is 1.71. The smallest absolute Gasteiger partial charge is 0.245 e. The Bertz CT molecular complexity index is 697. The van der Waals surface area contributed by atoms with Crippen molar-refractivity contribution in [2.24, 2.45) is 5.10 Å². The lowest BCUT2D eigenvalue weighted by molar-refractivity contribution is -0.120. The third-order valence-corrected chi connectivity index (χ3v) is 4.43. The molecule has 0 radical (unpaired) electrons. The van der Waals surface area contributed by atoms with Gasteiger partial charge in [0.2, 0.25) is 11.8 Å². The Morgan fingerprint density at radius 2 is 1.91 bits per heavy atom. The number of halogens is 1. The van der Waals surface area contributed by atoms with E-state index in [2.05, 4.69) is 38.4 Å². The average Bonchev–Trinajstić information content (AvgIpc) is 3.00. The minimum Gasteiger partial charge on any atom is -0.326 e. The van der Waals surface area contributed by atoms with Gasteiger partial charge in [0.05, 0.1) is 12.8 Å². The molecule has 2 aromatic rings. The third kappa shape index (κ3) is 6.49. The van der Waals surface area contributed by atoms with Crippen molar-refractivity contribution < 1.29 is 9.59 Å². The summed E-state index contributed by atoms with van der Waals surface area (Å²) in [4.78, 5) is 24.6. The first-order valence-corrected chi connectivity index (χ1v) is 8.88. The number of nitrogens with one attached hydrogen (secondary N) is 2. The molecule has 0 bridgehead atoms. The Hall–Kier alpha value is -1.74. The number of hydrogen-bond donors (Lipinski definition) is 2. The number of amides is 2. The Balaban J connectivity index is 1.78. The van der Waals surface area contributed by atoms with Gasteiger partial charge in [-0.1, -0.05) is 6.07 Å². The molecule has 0 aliphatic carbocycles. The van der Waals surface area contributed by atoms with Crippen molar-refractivity contribution >= 4 is 57.1 Å². The van der Waals surface area contributed by atoms with Gasteiger partial charge in [-0.15, -0.1) is 11.3 Å². The maximum atomic E-state index is 11.9. The number of hydrogen-bond acceptors (Lipinski definition) is 4. The third-order valence-electron chi connectivity index (χ3n) is 2.83. The second kappa shape index (κ2) is 8.78. The maximum absolute atomic E-state index is 11.9. The van der Waals surface area contributed by atoms with Crippen molar-refractivity contribution in [3.8, 4) is 0 Å². The number of hydrazone groups is 1. The van der Waals surface area contributed by atoms with Crippen molar-refractivity contribution in [1.82, 2.24) is 5.43 Å². The van der Waals surface area contributed by atoms with E-state index < -0.39 is 0 Å². The van der Waals surface area contributed by atoms with Crippen LogP contribution in [0, 0.1) is 3.57 Å². The molecule has 0 aliphatic heterocycles. The molecule has 0 saturated heterocycles. The summed E-state index contributed by atoms with van der Waals surface area (Å²) in [6, 6.07) is 11.3. The first-order valence-electron chi connectivity index (χ1n) is 6.93. The molecule has 1 aromatic heterocycles. The van der Waals surface area contributed by atoms with E-state index in [0.29, 0.717) is 12.1 Å². The molecule has 23 heavy (non-hydrogen) atoms. The minimum atomic E-state index is -0.190. The Kier molecular flexibility index (Phi) is 6.72. The van der Waals surface area contributed by atoms with E-state index in [4.69, 9.17) is 0 Å². The molecule has 0 saturated carbocycles. The van der Waals surface area contributed by atoms with Crippen LogP contribution < -0.4 is 10.7 Å². The van der Waals surface area contributed by atoms with E-state index in [9.17, 15) is 9.59 Å². The fourth-order valence-electron chi connectivity index (χ4n) is 1.78. The van der Waals surface area contributed by atoms with Crippen molar-refractivity contribution in [3.05, 3.63) is 50.2 Å². The quantitative estimate of drug-likeness (QED) is 0.410. The zero-order valence-corrected chi connectivity index (χ0v) is 15.5. The summed E-state index contributed by atoms with van der Waals surface area (Å²) in [6.07, 6.45) is 0.425. The largest absolute Gasteiger partial charge is 0.326 e. The second-order valence-corrected chi connectivity index (χ2v) is 7.15. The summed E-state index contributed by atoms with van der Waals surface area (Å²) < 4.78 is 1.10. The van der Waals surface area contributed by atoms with Crippen molar-refractivity contribution in [1.29, 1.82) is 0 Å². The summed E-state index contributed by atoms with van der Waals surface area (Å²) in [5, 5.41) is 8.67. The van der Waals surface area contributed by atoms with Crippen LogP contribution in [0.2, 0.25) is 0 Å². The van der Waals surface area contributed by atoms with Gasteiger partial charge in [0.1, 0.15) is 0 Å². The van der Waals surface area contributed by atoms with Gasteiger partial charge in [0.25, 0.3) is 0 Å². The molecule has 2 N–H and O–H groups in total. The van der Waals surface area contributed by atoms with Gasteiger partial charge in [-0.25, -0.2) is 5.43 Å². The van der Waals surface area contributed by atoms with Gasteiger partial charge < -0.3 is 5.32 Å². The molecular formula is C16H16IN3O2S. The highest BCUT2D eigenvalue weighted by molar-refractivity contribution is 14.1. The lowest BCUT2D eigenvalue weighted by atomic mass is 10.2. The second-order valence-electron chi connectivity index (χ2n) is 4.87. The monoisotopic (exact) mass is 441 g/mol. The summed E-state index contributed by atoms with van der Waals surface area (Å²) in [5.41, 5.74) is 3.76. The van der Waals surface area contributed by atoms with E-state index in [1.165, 1.54) is 11.3 Å². The Morgan fingerprint density at radius 1 is 1.17 bits per heavy atom. The maximum Gasteiger partial charge on any atom is 0.245 e. The molecular weight excluding hydrogens is 425 g/mol. The van der Waals surface area contributed by atoms with E-state index in [1.54, 1.807) is 6.92 Å². The van der Waals surface area contributed by atoms with Crippen molar-refractivity contribution in [2.45, 2.75) is 19.8 Å². The summed E-state index contributed by atoms with van der Waals surface area (Å²) >= 11 is 3.73. The summed E-state index contributed by atoms with van der Waals surface area (Å²) in [5.74, 6) is -0.357. The van der Waals surface area contributed by atoms with Crippen LogP contribution >= 0.6 is 33.9 Å². The van der Waals surface area contributed by atoms with Crippen LogP contribution in [-0.4, -0.2) is 17.5 Å². The number of rotatable bonds is 6. The van der Waals surface area contributed by atoms with E-state index in [1.807, 2.05) is 41.8 Å². The Morgan fingerprint density at radius 3 is 2.57 bits per heavy atom. The van der Waals surface area contributed by atoms with Crippen molar-refractivity contribution in [3.63, 3.8) is 0 Å². The van der Waals surface area contributed by atoms with E-state index in [0.717, 1.165) is 14.1 Å². The normalized spacial score (nSPS) is 11.1. The van der Waals surface area contributed by atoms with E-state index in [-0.39, 0.29) is 18.2 Å². The first kappa shape index (κ1) is 17.6. The van der Waals surface area contributed by atoms with Crippen LogP contribution in [0.3, 0.4) is 0 Å². The molecule has 0 fully saturated rings. The lowest BCUT2D eigenvalue weighted by Gasteiger charge is -2.05. The van der Waals surface area contributed by atoms with Gasteiger partial charge >= 0.3 is 0 Å². The Labute approximate surface area is 152 Å². The number of thiophene rings is 1. The number of anilines is 1. The van der Waals surface area contributed by atoms with Crippen LogP contribution in [-0.2, 0) is 16.0 Å². The molecule has 7 heteroatoms. The molecule has 0 atom stereocenters. The highest BCUT2D eigenvalue weighted by Crippen LogP contribution is 2.11. The van der Waals surface area contributed by atoms with E-state index >= 15 is 0 Å². The zero-order valence-electron chi connectivity index (χ0n) is 12.5. The molecule has 2 rings (SSSR count). The van der Waals surface area contributed by atoms with Crippen LogP contribution in [0.15, 0.2) is 46.9 Å². The van der Waals surface area contributed by atoms with Gasteiger partial charge in [0.15, 0.2) is 0 Å². The number of carbonyl (C=O) groups is 2. The molecule has 0 spiro atoms. The standard InChI is InChI=1S/C16H16IN3O2S/c1-11(19-20-16(22)10-14-3-2-8-23-14)9-15(21)18-13-6-4-12(17)5-7-13/h2-8H,9-10H2,1H3,(H,18,21)(H,20,22)/b19-11+. The molecule has 0 aliphatic rings. The highest BCUT2D eigenvalue weighted by atomic mass is 127. The fourth-order valence-corrected chi connectivity index (χ4v) is 2.84. The number of nitrogens with zero attached hydrogens (tertiary/aromatic N) is 1. The average molecular weight is 441 g/mol. The molecule has 2 amide bonds. The van der Waals surface area contributed by atoms with Gasteiger partial charge in [0, 0.05) is 19.8 Å². The highest BCUT2D eigenvalue weighted by Gasteiger charge is 2.06. The van der Waals surface area contributed by atoms with Crippen LogP contribution in [0.1, 0.15) is 18.2 Å². The van der Waals surface area contributed by atoms with Crippen molar-refractivity contribution in [2.75, 3.05) is 5.32 Å². The fraction of sp³-hybridized carbons (Fsp3) is 0.188. The van der Waals surface area contributed by atoms with Gasteiger partial charge in [-0.3, -0.25) is 9.59 Å². The van der Waals surface area contributed by atoms with Gasteiger partial charge in [-0.2, -0.15) is 5.10 Å². The molecule has 120 valence electrons. The summed E-state index contributed by atoms with van der Waals surface area (Å²) in [7, 11) is 0. The molecule has 5 nitrogen and oxygen atoms in total. The lowest BCUT2D eigenvalue weighted by Crippen LogP contribution is -2.22. The van der Waals surface area contributed by atoms with Crippen LogP contribution in [0.25, 0.3) is 0 Å². The molecule has 0 unspecified atom stereocenters. The predicted molar refractivity (Wildman–Crippen MR) is 102 cm³/mol. The number of benzene rings is 1. The topological polar surface area (TPSA) is 70.6 Å². The van der Waals surface area contributed by atoms with Crippen LogP contribution in [0.4, 0.5) is 5.69 Å². The van der Waals surface area contributed by atoms with Crippen LogP contribution in [0.5, 0.6) is 0 Å². The molecule has 1 heterocycles. The predicted octanol–water partition coefficient (Wildman–Crippen LogP) is 3.42. The SMILES string of the molecule is C/C(CC(=O)Nc1ccc(I)cc1)=N\NC(=O)Cc1cccs1. The minimum absolute atomic E-state index is 0.130. The number of carbonyl (C=O) groups excluding carboxylic acids is 2.